The number of benzene rings is 1. The zero-order chi connectivity index (χ0) is 13.8. The van der Waals surface area contributed by atoms with Gasteiger partial charge in [-0.25, -0.2) is 0 Å². The van der Waals surface area contributed by atoms with Crippen LogP contribution in [0, 0.1) is 0 Å². The predicted octanol–water partition coefficient (Wildman–Crippen LogP) is -0.947. The third-order valence-electron chi connectivity index (χ3n) is 3.61. The van der Waals surface area contributed by atoms with Gasteiger partial charge in [0.2, 0.25) is 0 Å². The first kappa shape index (κ1) is 13.5. The molecule has 0 aromatic heterocycles. The van der Waals surface area contributed by atoms with Crippen molar-refractivity contribution in [2.45, 2.75) is 13.0 Å². The van der Waals surface area contributed by atoms with E-state index < -0.39 is 0 Å². The van der Waals surface area contributed by atoms with Gasteiger partial charge in [0.1, 0.15) is 0 Å². The van der Waals surface area contributed by atoms with Crippen LogP contribution in [0.1, 0.15) is 6.92 Å². The highest BCUT2D eigenvalue weighted by molar-refractivity contribution is 5.95. The molecule has 1 unspecified atom stereocenters. The fourth-order valence-corrected chi connectivity index (χ4v) is 2.33. The molecule has 5 heteroatoms. The van der Waals surface area contributed by atoms with Crippen molar-refractivity contribution in [1.82, 2.24) is 5.32 Å². The lowest BCUT2D eigenvalue weighted by atomic mass is 10.2. The monoisotopic (exact) mass is 262 g/mol. The van der Waals surface area contributed by atoms with E-state index in [4.69, 9.17) is 0 Å². The van der Waals surface area contributed by atoms with Crippen LogP contribution in [0.3, 0.4) is 0 Å². The molecule has 1 heterocycles. The second-order valence-corrected chi connectivity index (χ2v) is 4.89. The zero-order valence-corrected chi connectivity index (χ0v) is 11.3. The van der Waals surface area contributed by atoms with Crippen molar-refractivity contribution >= 4 is 17.5 Å². The van der Waals surface area contributed by atoms with Gasteiger partial charge in [-0.1, -0.05) is 18.2 Å². The first-order chi connectivity index (χ1) is 9.09. The van der Waals surface area contributed by atoms with Gasteiger partial charge in [-0.05, 0) is 19.1 Å². The number of rotatable bonds is 3. The van der Waals surface area contributed by atoms with Crippen molar-refractivity contribution in [2.75, 3.05) is 31.6 Å². The van der Waals surface area contributed by atoms with Crippen LogP contribution in [0.25, 0.3) is 0 Å². The van der Waals surface area contributed by atoms with Crippen molar-refractivity contribution in [3.05, 3.63) is 30.3 Å². The lowest BCUT2D eigenvalue weighted by Gasteiger charge is -2.30. The minimum Gasteiger partial charge on any atom is -0.346 e. The van der Waals surface area contributed by atoms with Gasteiger partial charge >= 0.3 is 0 Å². The molecule has 1 fully saturated rings. The molecule has 0 saturated carbocycles. The summed E-state index contributed by atoms with van der Waals surface area (Å²) in [6.45, 7) is 3.69. The Bertz CT molecular complexity index is 461. The lowest BCUT2D eigenvalue weighted by Crippen LogP contribution is -3.19. The van der Waals surface area contributed by atoms with E-state index in [1.807, 2.05) is 37.3 Å². The average Bonchev–Trinajstić information content (AvgIpc) is 2.46. The fourth-order valence-electron chi connectivity index (χ4n) is 2.33. The Morgan fingerprint density at radius 3 is 2.68 bits per heavy atom. The molecule has 2 amide bonds. The van der Waals surface area contributed by atoms with Crippen LogP contribution < -0.4 is 15.1 Å². The van der Waals surface area contributed by atoms with E-state index >= 15 is 0 Å². The number of nitrogens with zero attached hydrogens (tertiary/aromatic N) is 1. The number of quaternary nitrogens is 1. The molecule has 2 rings (SSSR count). The summed E-state index contributed by atoms with van der Waals surface area (Å²) >= 11 is 0. The second kappa shape index (κ2) is 5.84. The summed E-state index contributed by atoms with van der Waals surface area (Å²) in [5, 5.41) is 2.78. The zero-order valence-electron chi connectivity index (χ0n) is 11.3. The number of nitrogens with one attached hydrogen (secondary N) is 2. The van der Waals surface area contributed by atoms with E-state index in [0.29, 0.717) is 13.1 Å². The van der Waals surface area contributed by atoms with Gasteiger partial charge in [0.25, 0.3) is 11.8 Å². The Morgan fingerprint density at radius 2 is 2.05 bits per heavy atom. The molecule has 1 aromatic rings. The van der Waals surface area contributed by atoms with Crippen LogP contribution in [0.2, 0.25) is 0 Å². The van der Waals surface area contributed by atoms with Crippen molar-refractivity contribution < 1.29 is 14.5 Å². The molecule has 2 N–H and O–H groups in total. The molecule has 1 aliphatic heterocycles. The van der Waals surface area contributed by atoms with Gasteiger partial charge in [-0.2, -0.15) is 0 Å². The van der Waals surface area contributed by atoms with Crippen LogP contribution in [0.5, 0.6) is 0 Å². The van der Waals surface area contributed by atoms with Gasteiger partial charge in [-0.3, -0.25) is 9.59 Å². The summed E-state index contributed by atoms with van der Waals surface area (Å²) < 4.78 is 0. The van der Waals surface area contributed by atoms with E-state index in [9.17, 15) is 9.59 Å². The van der Waals surface area contributed by atoms with E-state index in [2.05, 4.69) is 5.32 Å². The normalized spacial score (nSPS) is 20.5. The number of para-hydroxylation sites is 1. The summed E-state index contributed by atoms with van der Waals surface area (Å²) in [6, 6.07) is 9.34. The number of carbonyl (C=O) groups is 2. The molecular formula is C14H20N3O2+. The highest BCUT2D eigenvalue weighted by Gasteiger charge is 2.31. The maximum absolute atomic E-state index is 12.4. The molecule has 5 nitrogen and oxygen atoms in total. The molecule has 1 aliphatic rings. The topological polar surface area (TPSA) is 53.9 Å². The maximum atomic E-state index is 12.4. The SMILES string of the molecule is C[C@@H](C(=O)N(C)c1ccccc1)[NH+]1CCNC(=O)C1. The third-order valence-corrected chi connectivity index (χ3v) is 3.61. The van der Waals surface area contributed by atoms with E-state index in [0.717, 1.165) is 17.1 Å². The lowest BCUT2D eigenvalue weighted by molar-refractivity contribution is -0.907. The Kier molecular flexibility index (Phi) is 4.16. The van der Waals surface area contributed by atoms with Gasteiger partial charge in [0.15, 0.2) is 12.6 Å². The fraction of sp³-hybridized carbons (Fsp3) is 0.429. The molecule has 0 radical (unpaired) electrons. The first-order valence-electron chi connectivity index (χ1n) is 6.53. The average molecular weight is 262 g/mol. The number of piperazine rings is 1. The molecule has 102 valence electrons. The van der Waals surface area contributed by atoms with Crippen molar-refractivity contribution in [3.8, 4) is 0 Å². The van der Waals surface area contributed by atoms with Crippen LogP contribution in [-0.4, -0.2) is 44.5 Å². The maximum Gasteiger partial charge on any atom is 0.284 e. The quantitative estimate of drug-likeness (QED) is 0.738. The summed E-state index contributed by atoms with van der Waals surface area (Å²) in [5.74, 6) is 0.0548. The Morgan fingerprint density at radius 1 is 1.37 bits per heavy atom. The number of anilines is 1. The Balaban J connectivity index is 2.04. The molecule has 0 spiro atoms. The van der Waals surface area contributed by atoms with E-state index in [1.165, 1.54) is 0 Å². The molecule has 2 atom stereocenters. The van der Waals surface area contributed by atoms with Crippen molar-refractivity contribution in [2.24, 2.45) is 0 Å². The molecule has 0 aliphatic carbocycles. The summed E-state index contributed by atoms with van der Waals surface area (Å²) in [4.78, 5) is 26.5. The number of hydrogen-bond donors (Lipinski definition) is 2. The molecule has 1 aromatic carbocycles. The Hall–Kier alpha value is -1.88. The highest BCUT2D eigenvalue weighted by atomic mass is 16.2. The number of carbonyl (C=O) groups excluding carboxylic acids is 2. The van der Waals surface area contributed by atoms with Gasteiger partial charge in [-0.15, -0.1) is 0 Å². The van der Waals surface area contributed by atoms with Crippen molar-refractivity contribution in [1.29, 1.82) is 0 Å². The standard InChI is InChI=1S/C14H19N3O2/c1-11(17-9-8-15-13(18)10-17)14(19)16(2)12-6-4-3-5-7-12/h3-7,11H,8-10H2,1-2H3,(H,15,18)/p+1/t11-/m0/s1. The minimum absolute atomic E-state index is 0.0169. The molecule has 19 heavy (non-hydrogen) atoms. The van der Waals surface area contributed by atoms with Gasteiger partial charge in [0.05, 0.1) is 13.1 Å². The summed E-state index contributed by atoms with van der Waals surface area (Å²) in [7, 11) is 1.78. The second-order valence-electron chi connectivity index (χ2n) is 4.89. The summed E-state index contributed by atoms with van der Waals surface area (Å²) in [5.41, 5.74) is 0.875. The van der Waals surface area contributed by atoms with Crippen molar-refractivity contribution in [3.63, 3.8) is 0 Å². The third kappa shape index (κ3) is 3.12. The van der Waals surface area contributed by atoms with Crippen LogP contribution >= 0.6 is 0 Å². The van der Waals surface area contributed by atoms with Gasteiger partial charge < -0.3 is 15.1 Å². The molecule has 1 saturated heterocycles. The van der Waals surface area contributed by atoms with Crippen LogP contribution in [0.15, 0.2) is 30.3 Å². The first-order valence-corrected chi connectivity index (χ1v) is 6.53. The molecule has 0 bridgehead atoms. The minimum atomic E-state index is -0.212. The number of amides is 2. The summed E-state index contributed by atoms with van der Waals surface area (Å²) in [6.07, 6.45) is 0. The number of likely N-dealkylation sites (N-methyl/N-ethyl adjacent to an activating group) is 1. The van der Waals surface area contributed by atoms with Crippen LogP contribution in [0.4, 0.5) is 5.69 Å². The predicted molar refractivity (Wildman–Crippen MR) is 73.0 cm³/mol. The smallest absolute Gasteiger partial charge is 0.284 e. The molecular weight excluding hydrogens is 242 g/mol. The van der Waals surface area contributed by atoms with Gasteiger partial charge in [0, 0.05) is 12.7 Å². The van der Waals surface area contributed by atoms with Crippen LogP contribution in [-0.2, 0) is 9.59 Å². The highest BCUT2D eigenvalue weighted by Crippen LogP contribution is 2.11. The number of hydrogen-bond acceptors (Lipinski definition) is 2. The van der Waals surface area contributed by atoms with E-state index in [-0.39, 0.29) is 17.9 Å². The Labute approximate surface area is 113 Å². The van der Waals surface area contributed by atoms with E-state index in [1.54, 1.807) is 11.9 Å². The largest absolute Gasteiger partial charge is 0.346 e.